The molecule has 0 atom stereocenters. The highest BCUT2D eigenvalue weighted by Crippen LogP contribution is 1.95. The quantitative estimate of drug-likeness (QED) is 0.523. The van der Waals surface area contributed by atoms with Crippen LogP contribution in [0.1, 0.15) is 11.4 Å². The summed E-state index contributed by atoms with van der Waals surface area (Å²) in [6.07, 6.45) is 8.88. The third-order valence-corrected chi connectivity index (χ3v) is 2.18. The smallest absolute Gasteiger partial charge is 0.212 e. The standard InChI is InChI=1S/C15H11N2/c1-2-12-17-13-6-11-16-15(17)10-9-14-7-4-3-5-8-14/h1,3-8,11,13H,12H2/q+1. The molecule has 0 N–H and O–H groups in total. The molecule has 0 saturated heterocycles. The molecule has 0 amide bonds. The van der Waals surface area contributed by atoms with Crippen molar-refractivity contribution in [2.24, 2.45) is 0 Å². The maximum absolute atomic E-state index is 5.29. The van der Waals surface area contributed by atoms with Gasteiger partial charge in [-0.2, -0.15) is 0 Å². The zero-order valence-corrected chi connectivity index (χ0v) is 9.30. The molecule has 2 nitrogen and oxygen atoms in total. The van der Waals surface area contributed by atoms with Gasteiger partial charge in [-0.15, -0.1) is 6.42 Å². The Bertz CT molecular complexity index is 598. The van der Waals surface area contributed by atoms with E-state index in [4.69, 9.17) is 6.42 Å². The predicted octanol–water partition coefficient (Wildman–Crippen LogP) is 1.40. The van der Waals surface area contributed by atoms with E-state index < -0.39 is 0 Å². The number of rotatable bonds is 1. The van der Waals surface area contributed by atoms with E-state index in [1.807, 2.05) is 47.2 Å². The summed E-state index contributed by atoms with van der Waals surface area (Å²) in [6.45, 7) is 0.479. The molecule has 17 heavy (non-hydrogen) atoms. The van der Waals surface area contributed by atoms with Crippen LogP contribution in [-0.4, -0.2) is 4.98 Å². The third kappa shape index (κ3) is 2.93. The van der Waals surface area contributed by atoms with Gasteiger partial charge in [0.05, 0.1) is 6.20 Å². The molecule has 0 bridgehead atoms. The lowest BCUT2D eigenvalue weighted by Crippen LogP contribution is -2.37. The van der Waals surface area contributed by atoms with Crippen LogP contribution in [0, 0.1) is 24.2 Å². The molecule has 0 saturated carbocycles. The summed E-state index contributed by atoms with van der Waals surface area (Å²) >= 11 is 0. The van der Waals surface area contributed by atoms with Crippen molar-refractivity contribution >= 4 is 0 Å². The van der Waals surface area contributed by atoms with Crippen molar-refractivity contribution in [2.75, 3.05) is 0 Å². The molecule has 80 valence electrons. The Morgan fingerprint density at radius 2 is 1.94 bits per heavy atom. The summed E-state index contributed by atoms with van der Waals surface area (Å²) in [6, 6.07) is 11.6. The maximum Gasteiger partial charge on any atom is 0.377 e. The Morgan fingerprint density at radius 1 is 1.12 bits per heavy atom. The highest BCUT2D eigenvalue weighted by molar-refractivity contribution is 5.36. The second-order valence-electron chi connectivity index (χ2n) is 3.39. The van der Waals surface area contributed by atoms with Crippen LogP contribution >= 0.6 is 0 Å². The molecule has 2 heteroatoms. The van der Waals surface area contributed by atoms with E-state index in [0.29, 0.717) is 12.4 Å². The van der Waals surface area contributed by atoms with Gasteiger partial charge in [-0.3, -0.25) is 0 Å². The fourth-order valence-electron chi connectivity index (χ4n) is 1.38. The minimum atomic E-state index is 0.479. The highest BCUT2D eigenvalue weighted by Gasteiger charge is 2.05. The zero-order chi connectivity index (χ0) is 11.9. The first-order valence-electron chi connectivity index (χ1n) is 5.25. The zero-order valence-electron chi connectivity index (χ0n) is 9.30. The van der Waals surface area contributed by atoms with E-state index in [-0.39, 0.29) is 0 Å². The second-order valence-corrected chi connectivity index (χ2v) is 3.39. The van der Waals surface area contributed by atoms with E-state index in [0.717, 1.165) is 5.56 Å². The molecule has 1 aromatic carbocycles. The lowest BCUT2D eigenvalue weighted by Gasteiger charge is -1.92. The summed E-state index contributed by atoms with van der Waals surface area (Å²) in [5.41, 5.74) is 0.963. The number of terminal acetylenes is 1. The Morgan fingerprint density at radius 3 is 2.71 bits per heavy atom. The molecular weight excluding hydrogens is 208 g/mol. The van der Waals surface area contributed by atoms with Crippen molar-refractivity contribution in [1.29, 1.82) is 0 Å². The molecular formula is C15H11N2+. The van der Waals surface area contributed by atoms with Gasteiger partial charge in [-0.05, 0) is 17.1 Å². The van der Waals surface area contributed by atoms with E-state index >= 15 is 0 Å². The van der Waals surface area contributed by atoms with Crippen LogP contribution in [0.5, 0.6) is 0 Å². The van der Waals surface area contributed by atoms with E-state index in [1.54, 1.807) is 6.20 Å². The number of aromatic nitrogens is 2. The molecule has 0 unspecified atom stereocenters. The number of hydrogen-bond acceptors (Lipinski definition) is 1. The van der Waals surface area contributed by atoms with Crippen molar-refractivity contribution in [2.45, 2.75) is 6.54 Å². The van der Waals surface area contributed by atoms with E-state index in [1.165, 1.54) is 0 Å². The SMILES string of the molecule is C#CC[n+]1cccnc1C#Cc1ccccc1. The Kier molecular flexibility index (Phi) is 3.53. The number of hydrogen-bond donors (Lipinski definition) is 0. The Balaban J connectivity index is 2.31. The van der Waals surface area contributed by atoms with Crippen LogP contribution in [0.4, 0.5) is 0 Å². The average molecular weight is 219 g/mol. The van der Waals surface area contributed by atoms with Crippen LogP contribution in [0.3, 0.4) is 0 Å². The highest BCUT2D eigenvalue weighted by atomic mass is 15.0. The van der Waals surface area contributed by atoms with Crippen molar-refractivity contribution in [3.63, 3.8) is 0 Å². The molecule has 1 aromatic heterocycles. The first-order chi connectivity index (χ1) is 8.40. The Hall–Kier alpha value is -2.58. The predicted molar refractivity (Wildman–Crippen MR) is 65.7 cm³/mol. The third-order valence-electron chi connectivity index (χ3n) is 2.18. The van der Waals surface area contributed by atoms with Gasteiger partial charge in [0, 0.05) is 17.6 Å². The molecule has 2 rings (SSSR count). The lowest BCUT2D eigenvalue weighted by molar-refractivity contribution is -0.690. The van der Waals surface area contributed by atoms with Gasteiger partial charge in [0.15, 0.2) is 6.54 Å². The van der Waals surface area contributed by atoms with Gasteiger partial charge in [0.2, 0.25) is 0 Å². The molecule has 0 aliphatic carbocycles. The minimum absolute atomic E-state index is 0.479. The van der Waals surface area contributed by atoms with Crippen LogP contribution < -0.4 is 4.57 Å². The molecule has 0 aliphatic rings. The number of benzene rings is 1. The average Bonchev–Trinajstić information content (AvgIpc) is 2.39. The van der Waals surface area contributed by atoms with E-state index in [2.05, 4.69) is 22.7 Å². The second kappa shape index (κ2) is 5.49. The fourth-order valence-corrected chi connectivity index (χ4v) is 1.38. The molecule has 0 fully saturated rings. The van der Waals surface area contributed by atoms with Gasteiger partial charge in [0.1, 0.15) is 6.20 Å². The van der Waals surface area contributed by atoms with Crippen molar-refractivity contribution < 1.29 is 4.57 Å². The van der Waals surface area contributed by atoms with Gasteiger partial charge in [-0.25, -0.2) is 4.57 Å². The largest absolute Gasteiger partial charge is 0.377 e. The van der Waals surface area contributed by atoms with Gasteiger partial charge in [-0.1, -0.05) is 30.0 Å². The molecule has 1 heterocycles. The van der Waals surface area contributed by atoms with Crippen molar-refractivity contribution in [1.82, 2.24) is 4.98 Å². The van der Waals surface area contributed by atoms with Gasteiger partial charge < -0.3 is 0 Å². The first kappa shape index (κ1) is 10.9. The fraction of sp³-hybridized carbons (Fsp3) is 0.0667. The van der Waals surface area contributed by atoms with E-state index in [9.17, 15) is 0 Å². The van der Waals surface area contributed by atoms with Gasteiger partial charge in [0.25, 0.3) is 0 Å². The number of nitrogens with zero attached hydrogens (tertiary/aromatic N) is 2. The van der Waals surface area contributed by atoms with Crippen molar-refractivity contribution in [3.8, 4) is 24.2 Å². The lowest BCUT2D eigenvalue weighted by atomic mass is 10.2. The van der Waals surface area contributed by atoms with Crippen LogP contribution in [-0.2, 0) is 6.54 Å². The summed E-state index contributed by atoms with van der Waals surface area (Å²) in [4.78, 5) is 4.21. The van der Waals surface area contributed by atoms with Crippen LogP contribution in [0.15, 0.2) is 48.8 Å². The minimum Gasteiger partial charge on any atom is -0.212 e. The molecule has 2 aromatic rings. The topological polar surface area (TPSA) is 16.8 Å². The monoisotopic (exact) mass is 219 g/mol. The maximum atomic E-state index is 5.29. The summed E-state index contributed by atoms with van der Waals surface area (Å²) in [5.74, 6) is 9.33. The molecule has 0 radical (unpaired) electrons. The van der Waals surface area contributed by atoms with Crippen molar-refractivity contribution in [3.05, 3.63) is 60.2 Å². The molecule has 0 spiro atoms. The Labute approximate surface area is 101 Å². The van der Waals surface area contributed by atoms with Gasteiger partial charge >= 0.3 is 5.82 Å². The van der Waals surface area contributed by atoms with Crippen LogP contribution in [0.25, 0.3) is 0 Å². The summed E-state index contributed by atoms with van der Waals surface area (Å²) in [7, 11) is 0. The first-order valence-corrected chi connectivity index (χ1v) is 5.25. The normalized spacial score (nSPS) is 8.88. The summed E-state index contributed by atoms with van der Waals surface area (Å²) in [5, 5.41) is 0. The summed E-state index contributed by atoms with van der Waals surface area (Å²) < 4.78 is 1.84. The van der Waals surface area contributed by atoms with Crippen LogP contribution in [0.2, 0.25) is 0 Å². The molecule has 0 aliphatic heterocycles.